The van der Waals surface area contributed by atoms with Crippen LogP contribution in [0.4, 0.5) is 17.5 Å². The van der Waals surface area contributed by atoms with Crippen molar-refractivity contribution in [2.45, 2.75) is 64.8 Å². The molecule has 2 fully saturated rings. The number of nitrogens with zero attached hydrogens (tertiary/aromatic N) is 5. The van der Waals surface area contributed by atoms with E-state index in [-0.39, 0.29) is 22.9 Å². The maximum atomic E-state index is 13.4. The van der Waals surface area contributed by atoms with E-state index in [9.17, 15) is 14.4 Å². The topological polar surface area (TPSA) is 110 Å². The van der Waals surface area contributed by atoms with Crippen molar-refractivity contribution in [2.75, 3.05) is 23.3 Å². The molecule has 0 bridgehead atoms. The first-order chi connectivity index (χ1) is 17.5. The van der Waals surface area contributed by atoms with Crippen LogP contribution in [-0.2, 0) is 4.79 Å². The summed E-state index contributed by atoms with van der Waals surface area (Å²) in [5, 5.41) is 3.89. The first-order valence-corrected chi connectivity index (χ1v) is 12.8. The summed E-state index contributed by atoms with van der Waals surface area (Å²) in [7, 11) is 0. The number of fused-ring (bicyclic) bond motifs is 1. The van der Waals surface area contributed by atoms with Gasteiger partial charge in [0.05, 0.1) is 17.4 Å². The minimum atomic E-state index is -0.261. The van der Waals surface area contributed by atoms with Crippen LogP contribution in [-0.4, -0.2) is 44.7 Å². The van der Waals surface area contributed by atoms with Gasteiger partial charge >= 0.3 is 0 Å². The molecule has 3 aromatic rings. The minimum absolute atomic E-state index is 0.0366. The molecule has 4 heterocycles. The molecule has 9 heteroatoms. The number of anilines is 3. The van der Waals surface area contributed by atoms with E-state index in [2.05, 4.69) is 20.2 Å². The Kier molecular flexibility index (Phi) is 6.80. The van der Waals surface area contributed by atoms with E-state index >= 15 is 0 Å². The second-order valence-corrected chi connectivity index (χ2v) is 9.96. The minimum Gasteiger partial charge on any atom is -0.370 e. The number of hydrogen-bond acceptors (Lipinski definition) is 8. The number of ketones is 1. The van der Waals surface area contributed by atoms with Gasteiger partial charge in [-0.25, -0.2) is 9.97 Å². The first-order valence-electron chi connectivity index (χ1n) is 12.8. The van der Waals surface area contributed by atoms with Crippen LogP contribution in [0, 0.1) is 12.8 Å². The highest BCUT2D eigenvalue weighted by Crippen LogP contribution is 2.32. The monoisotopic (exact) mass is 488 g/mol. The van der Waals surface area contributed by atoms with Gasteiger partial charge in [-0.05, 0) is 63.1 Å². The smallest absolute Gasteiger partial charge is 0.263 e. The fourth-order valence-corrected chi connectivity index (χ4v) is 5.63. The average molecular weight is 489 g/mol. The Labute approximate surface area is 210 Å². The molecule has 5 rings (SSSR count). The summed E-state index contributed by atoms with van der Waals surface area (Å²) in [4.78, 5) is 52.5. The van der Waals surface area contributed by atoms with Crippen LogP contribution >= 0.6 is 0 Å². The lowest BCUT2D eigenvalue weighted by atomic mass is 9.94. The van der Waals surface area contributed by atoms with Gasteiger partial charge in [0, 0.05) is 37.1 Å². The van der Waals surface area contributed by atoms with Crippen molar-refractivity contribution in [1.82, 2.24) is 19.5 Å². The van der Waals surface area contributed by atoms with Gasteiger partial charge in [0.25, 0.3) is 5.56 Å². The molecule has 188 valence electrons. The van der Waals surface area contributed by atoms with Crippen LogP contribution in [0.15, 0.2) is 29.3 Å². The van der Waals surface area contributed by atoms with Crippen molar-refractivity contribution in [2.24, 2.45) is 5.92 Å². The highest BCUT2D eigenvalue weighted by Gasteiger charge is 2.26. The molecule has 1 saturated carbocycles. The molecule has 1 aliphatic carbocycles. The average Bonchev–Trinajstić information content (AvgIpc) is 3.39. The molecule has 0 radical (unpaired) electrons. The number of piperidine rings is 1. The third-order valence-corrected chi connectivity index (χ3v) is 7.65. The molecule has 1 N–H and O–H groups in total. The fraction of sp³-hybridized carbons (Fsp3) is 0.481. The molecule has 2 aliphatic rings. The molecule has 0 atom stereocenters. The zero-order valence-corrected chi connectivity index (χ0v) is 20.9. The zero-order valence-electron chi connectivity index (χ0n) is 20.9. The molecule has 0 aromatic carbocycles. The number of aromatic nitrogens is 4. The van der Waals surface area contributed by atoms with Crippen LogP contribution in [0.2, 0.25) is 0 Å². The van der Waals surface area contributed by atoms with Gasteiger partial charge in [-0.15, -0.1) is 0 Å². The Balaban J connectivity index is 1.41. The summed E-state index contributed by atoms with van der Waals surface area (Å²) in [5.41, 5.74) is 2.20. The Bertz CT molecular complexity index is 1340. The third-order valence-electron chi connectivity index (χ3n) is 7.65. The number of rotatable bonds is 7. The molecule has 0 spiro atoms. The Hall–Kier alpha value is -3.62. The summed E-state index contributed by atoms with van der Waals surface area (Å²) in [6.07, 6.45) is 11.1. The van der Waals surface area contributed by atoms with Crippen molar-refractivity contribution in [3.63, 3.8) is 0 Å². The van der Waals surface area contributed by atoms with Crippen LogP contribution < -0.4 is 15.8 Å². The predicted octanol–water partition coefficient (Wildman–Crippen LogP) is 4.36. The number of hydrogen-bond donors (Lipinski definition) is 1. The number of nitrogens with one attached hydrogen (secondary N) is 1. The summed E-state index contributed by atoms with van der Waals surface area (Å²) < 4.78 is 1.71. The van der Waals surface area contributed by atoms with Crippen LogP contribution in [0.1, 0.15) is 73.8 Å². The lowest BCUT2D eigenvalue weighted by Crippen LogP contribution is -2.33. The lowest BCUT2D eigenvalue weighted by molar-refractivity contribution is -0.108. The van der Waals surface area contributed by atoms with E-state index in [0.29, 0.717) is 35.3 Å². The molecule has 1 saturated heterocycles. The summed E-state index contributed by atoms with van der Waals surface area (Å²) in [5.74, 6) is 1.22. The number of pyridine rings is 2. The molecular weight excluding hydrogens is 456 g/mol. The zero-order chi connectivity index (χ0) is 25.2. The molecule has 36 heavy (non-hydrogen) atoms. The van der Waals surface area contributed by atoms with E-state index in [1.54, 1.807) is 17.7 Å². The van der Waals surface area contributed by atoms with Gasteiger partial charge in [-0.2, -0.15) is 4.98 Å². The normalized spacial score (nSPS) is 17.0. The summed E-state index contributed by atoms with van der Waals surface area (Å²) in [6, 6.07) is 3.96. The maximum Gasteiger partial charge on any atom is 0.263 e. The number of Topliss-reactive ketones (excluding diaryl/α,β-unsaturated/α-hetero) is 1. The van der Waals surface area contributed by atoms with E-state index in [0.717, 1.165) is 69.0 Å². The summed E-state index contributed by atoms with van der Waals surface area (Å²) in [6.45, 7) is 5.06. The number of aryl methyl sites for hydroxylation is 1. The number of carbonyl (C=O) groups is 2. The Morgan fingerprint density at radius 2 is 1.86 bits per heavy atom. The molecule has 0 amide bonds. The second-order valence-electron chi connectivity index (χ2n) is 9.96. The second kappa shape index (κ2) is 10.2. The number of aldehydes is 1. The van der Waals surface area contributed by atoms with Crippen molar-refractivity contribution in [3.8, 4) is 0 Å². The highest BCUT2D eigenvalue weighted by atomic mass is 16.1. The van der Waals surface area contributed by atoms with Crippen molar-refractivity contribution in [3.05, 3.63) is 46.0 Å². The largest absolute Gasteiger partial charge is 0.370 e. The molecule has 0 unspecified atom stereocenters. The van der Waals surface area contributed by atoms with Gasteiger partial charge < -0.3 is 15.0 Å². The Morgan fingerprint density at radius 1 is 1.11 bits per heavy atom. The van der Waals surface area contributed by atoms with Crippen LogP contribution in [0.3, 0.4) is 0 Å². The summed E-state index contributed by atoms with van der Waals surface area (Å²) >= 11 is 0. The Morgan fingerprint density at radius 3 is 2.50 bits per heavy atom. The lowest BCUT2D eigenvalue weighted by Gasteiger charge is -2.32. The van der Waals surface area contributed by atoms with Gasteiger partial charge in [0.15, 0.2) is 5.78 Å². The van der Waals surface area contributed by atoms with Crippen LogP contribution in [0.25, 0.3) is 11.0 Å². The van der Waals surface area contributed by atoms with Gasteiger partial charge in [0.1, 0.15) is 17.8 Å². The SMILES string of the molecule is CC(=O)c1c(C)c2cnc(Nc3ccc(N4CCC(CC=O)CC4)cn3)nc2n(C2CCCC2)c1=O. The highest BCUT2D eigenvalue weighted by molar-refractivity contribution is 5.99. The van der Waals surface area contributed by atoms with Gasteiger partial charge in [0.2, 0.25) is 5.95 Å². The predicted molar refractivity (Wildman–Crippen MR) is 139 cm³/mol. The van der Waals surface area contributed by atoms with Gasteiger partial charge in [-0.3, -0.25) is 14.2 Å². The van der Waals surface area contributed by atoms with E-state index in [1.165, 1.54) is 6.92 Å². The standard InChI is InChI=1S/C27H32N6O3/c1-17-22-16-29-27(31-25(22)33(20-5-3-4-6-20)26(36)24(17)18(2)35)30-23-8-7-21(15-28-23)32-12-9-19(10-13-32)11-14-34/h7-8,14-16,19-20H,3-6,9-13H2,1-2H3,(H,28,29,30,31). The molecular formula is C27H32N6O3. The van der Waals surface area contributed by atoms with Crippen LogP contribution in [0.5, 0.6) is 0 Å². The first kappa shape index (κ1) is 24.1. The maximum absolute atomic E-state index is 13.4. The van der Waals surface area contributed by atoms with E-state index in [1.807, 2.05) is 18.3 Å². The van der Waals surface area contributed by atoms with E-state index < -0.39 is 0 Å². The number of carbonyl (C=O) groups excluding carboxylic acids is 2. The third kappa shape index (κ3) is 4.62. The van der Waals surface area contributed by atoms with Crippen molar-refractivity contribution < 1.29 is 9.59 Å². The molecule has 9 nitrogen and oxygen atoms in total. The van der Waals surface area contributed by atoms with Crippen molar-refractivity contribution >= 4 is 40.6 Å². The fourth-order valence-electron chi connectivity index (χ4n) is 5.63. The van der Waals surface area contributed by atoms with Gasteiger partial charge in [-0.1, -0.05) is 12.8 Å². The van der Waals surface area contributed by atoms with Crippen molar-refractivity contribution in [1.29, 1.82) is 0 Å². The quantitative estimate of drug-likeness (QED) is 0.386. The molecule has 3 aromatic heterocycles. The molecule has 1 aliphatic heterocycles. The van der Waals surface area contributed by atoms with E-state index in [4.69, 9.17) is 4.98 Å².